The van der Waals surface area contributed by atoms with Crippen molar-refractivity contribution >= 4 is 29.6 Å². The third kappa shape index (κ3) is 5.33. The van der Waals surface area contributed by atoms with Crippen LogP contribution in [-0.2, 0) is 11.3 Å². The molecule has 0 fully saturated rings. The SMILES string of the molecule is CCN(C)C=Nc1cc(Cl)c(C(=O)OCc2cccc(C)c2)cc1C. The van der Waals surface area contributed by atoms with Crippen LogP contribution in [0.1, 0.15) is 34.0 Å². The average molecular weight is 359 g/mol. The van der Waals surface area contributed by atoms with Crippen molar-refractivity contribution in [2.45, 2.75) is 27.4 Å². The number of carbonyl (C=O) groups excluding carboxylic acids is 1. The largest absolute Gasteiger partial charge is 0.457 e. The topological polar surface area (TPSA) is 41.9 Å². The van der Waals surface area contributed by atoms with Crippen molar-refractivity contribution in [1.29, 1.82) is 0 Å². The van der Waals surface area contributed by atoms with E-state index in [0.29, 0.717) is 10.6 Å². The number of aryl methyl sites for hydroxylation is 2. The molecule has 4 nitrogen and oxygen atoms in total. The molecule has 0 unspecified atom stereocenters. The van der Waals surface area contributed by atoms with E-state index in [4.69, 9.17) is 16.3 Å². The third-order valence-corrected chi connectivity index (χ3v) is 4.16. The van der Waals surface area contributed by atoms with Gasteiger partial charge in [-0.1, -0.05) is 41.4 Å². The second-order valence-electron chi connectivity index (χ2n) is 6.00. The summed E-state index contributed by atoms with van der Waals surface area (Å²) in [6, 6.07) is 11.3. The summed E-state index contributed by atoms with van der Waals surface area (Å²) in [5.74, 6) is -0.434. The van der Waals surface area contributed by atoms with E-state index in [1.54, 1.807) is 18.5 Å². The summed E-state index contributed by atoms with van der Waals surface area (Å²) < 4.78 is 5.39. The third-order valence-electron chi connectivity index (χ3n) is 3.85. The summed E-state index contributed by atoms with van der Waals surface area (Å²) in [5, 5.41) is 0.339. The van der Waals surface area contributed by atoms with Gasteiger partial charge in [0.15, 0.2) is 0 Å². The van der Waals surface area contributed by atoms with Gasteiger partial charge in [-0.2, -0.15) is 0 Å². The molecule has 0 radical (unpaired) electrons. The van der Waals surface area contributed by atoms with Crippen LogP contribution in [0.25, 0.3) is 0 Å². The first-order chi connectivity index (χ1) is 11.9. The molecule has 0 heterocycles. The van der Waals surface area contributed by atoms with Gasteiger partial charge in [0.25, 0.3) is 0 Å². The molecule has 2 rings (SSSR count). The van der Waals surface area contributed by atoms with Gasteiger partial charge >= 0.3 is 5.97 Å². The van der Waals surface area contributed by atoms with E-state index in [1.165, 1.54) is 0 Å². The van der Waals surface area contributed by atoms with Crippen LogP contribution in [0.5, 0.6) is 0 Å². The maximum Gasteiger partial charge on any atom is 0.339 e. The quantitative estimate of drug-likeness (QED) is 0.418. The van der Waals surface area contributed by atoms with E-state index in [9.17, 15) is 4.79 Å². The van der Waals surface area contributed by atoms with Crippen molar-refractivity contribution in [3.8, 4) is 0 Å². The van der Waals surface area contributed by atoms with Gasteiger partial charge in [-0.05, 0) is 44.0 Å². The summed E-state index contributed by atoms with van der Waals surface area (Å²) in [5.41, 5.74) is 4.04. The van der Waals surface area contributed by atoms with E-state index in [0.717, 1.165) is 28.9 Å². The number of nitrogens with zero attached hydrogens (tertiary/aromatic N) is 2. The number of hydrogen-bond donors (Lipinski definition) is 0. The molecule has 2 aromatic carbocycles. The molecule has 0 aliphatic rings. The summed E-state index contributed by atoms with van der Waals surface area (Å²) in [7, 11) is 1.94. The number of ether oxygens (including phenoxy) is 1. The minimum Gasteiger partial charge on any atom is -0.457 e. The summed E-state index contributed by atoms with van der Waals surface area (Å²) >= 11 is 6.26. The molecule has 2 aromatic rings. The average Bonchev–Trinajstić information content (AvgIpc) is 2.59. The smallest absolute Gasteiger partial charge is 0.339 e. The summed E-state index contributed by atoms with van der Waals surface area (Å²) in [6.45, 7) is 7.02. The van der Waals surface area contributed by atoms with Crippen molar-refractivity contribution in [1.82, 2.24) is 4.90 Å². The Labute approximate surface area is 154 Å². The van der Waals surface area contributed by atoms with Gasteiger partial charge in [0.1, 0.15) is 6.61 Å². The second kappa shape index (κ2) is 8.67. The van der Waals surface area contributed by atoms with Gasteiger partial charge in [0.2, 0.25) is 0 Å². The molecule has 0 saturated carbocycles. The van der Waals surface area contributed by atoms with E-state index in [2.05, 4.69) is 4.99 Å². The van der Waals surface area contributed by atoms with Gasteiger partial charge in [-0.15, -0.1) is 0 Å². The maximum atomic E-state index is 12.3. The minimum absolute atomic E-state index is 0.219. The number of rotatable bonds is 6. The molecule has 0 amide bonds. The van der Waals surface area contributed by atoms with Crippen molar-refractivity contribution < 1.29 is 9.53 Å². The van der Waals surface area contributed by atoms with Crippen LogP contribution >= 0.6 is 11.6 Å². The molecule has 0 N–H and O–H groups in total. The highest BCUT2D eigenvalue weighted by Gasteiger charge is 2.14. The molecule has 132 valence electrons. The van der Waals surface area contributed by atoms with Crippen LogP contribution in [0, 0.1) is 13.8 Å². The Balaban J connectivity index is 2.12. The standard InChI is InChI=1S/C20H23ClN2O2/c1-5-23(4)13-22-19-11-18(21)17(10-15(19)3)20(24)25-12-16-8-6-7-14(2)9-16/h6-11,13H,5,12H2,1-4H3. The zero-order valence-electron chi connectivity index (χ0n) is 15.0. The van der Waals surface area contributed by atoms with Crippen LogP contribution in [0.2, 0.25) is 5.02 Å². The van der Waals surface area contributed by atoms with Gasteiger partial charge in [0, 0.05) is 13.6 Å². The van der Waals surface area contributed by atoms with Crippen molar-refractivity contribution in [2.75, 3.05) is 13.6 Å². The number of carbonyl (C=O) groups is 1. The van der Waals surface area contributed by atoms with Crippen LogP contribution in [0.4, 0.5) is 5.69 Å². The van der Waals surface area contributed by atoms with Gasteiger partial charge in [0.05, 0.1) is 22.6 Å². The highest BCUT2D eigenvalue weighted by Crippen LogP contribution is 2.28. The molecule has 0 aliphatic carbocycles. The number of benzene rings is 2. The molecule has 0 saturated heterocycles. The van der Waals surface area contributed by atoms with Crippen LogP contribution in [0.3, 0.4) is 0 Å². The van der Waals surface area contributed by atoms with Crippen LogP contribution < -0.4 is 0 Å². The predicted octanol–water partition coefficient (Wildman–Crippen LogP) is 4.93. The molecule has 5 heteroatoms. The maximum absolute atomic E-state index is 12.3. The molecular formula is C20H23ClN2O2. The fourth-order valence-electron chi connectivity index (χ4n) is 2.24. The Morgan fingerprint density at radius 2 is 2.04 bits per heavy atom. The molecule has 0 spiro atoms. The minimum atomic E-state index is -0.434. The van der Waals surface area contributed by atoms with E-state index < -0.39 is 5.97 Å². The van der Waals surface area contributed by atoms with Crippen molar-refractivity contribution in [3.05, 3.63) is 63.7 Å². The number of esters is 1. The first kappa shape index (κ1) is 19.0. The first-order valence-corrected chi connectivity index (χ1v) is 8.55. The van der Waals surface area contributed by atoms with E-state index in [1.807, 2.05) is 57.0 Å². The Bertz CT molecular complexity index is 787. The highest BCUT2D eigenvalue weighted by atomic mass is 35.5. The lowest BCUT2D eigenvalue weighted by molar-refractivity contribution is 0.0473. The fourth-order valence-corrected chi connectivity index (χ4v) is 2.47. The highest BCUT2D eigenvalue weighted by molar-refractivity contribution is 6.33. The molecule has 0 bridgehead atoms. The zero-order valence-corrected chi connectivity index (χ0v) is 15.8. The van der Waals surface area contributed by atoms with Crippen molar-refractivity contribution in [2.24, 2.45) is 4.99 Å². The Hall–Kier alpha value is -2.33. The van der Waals surface area contributed by atoms with E-state index in [-0.39, 0.29) is 6.61 Å². The van der Waals surface area contributed by atoms with Gasteiger partial charge < -0.3 is 9.64 Å². The molecule has 25 heavy (non-hydrogen) atoms. The Morgan fingerprint density at radius 1 is 1.28 bits per heavy atom. The predicted molar refractivity (Wildman–Crippen MR) is 103 cm³/mol. The molecule has 0 aliphatic heterocycles. The summed E-state index contributed by atoms with van der Waals surface area (Å²) in [6.07, 6.45) is 1.74. The number of aliphatic imine (C=N–C) groups is 1. The number of halogens is 1. The van der Waals surface area contributed by atoms with Crippen molar-refractivity contribution in [3.63, 3.8) is 0 Å². The fraction of sp³-hybridized carbons (Fsp3) is 0.300. The number of hydrogen-bond acceptors (Lipinski definition) is 3. The molecule has 0 aromatic heterocycles. The Morgan fingerprint density at radius 3 is 2.72 bits per heavy atom. The second-order valence-corrected chi connectivity index (χ2v) is 6.41. The van der Waals surface area contributed by atoms with Gasteiger partial charge in [-0.3, -0.25) is 0 Å². The Kier molecular flexibility index (Phi) is 6.59. The molecule has 0 atom stereocenters. The lowest BCUT2D eigenvalue weighted by Gasteiger charge is -2.11. The summed E-state index contributed by atoms with van der Waals surface area (Å²) in [4.78, 5) is 18.7. The molecular weight excluding hydrogens is 336 g/mol. The lowest BCUT2D eigenvalue weighted by Crippen LogP contribution is -2.14. The van der Waals surface area contributed by atoms with E-state index >= 15 is 0 Å². The monoisotopic (exact) mass is 358 g/mol. The normalized spacial score (nSPS) is 10.9. The van der Waals surface area contributed by atoms with Gasteiger partial charge in [-0.25, -0.2) is 9.79 Å². The lowest BCUT2D eigenvalue weighted by atomic mass is 10.1. The zero-order chi connectivity index (χ0) is 18.4. The first-order valence-electron chi connectivity index (χ1n) is 8.18. The van der Waals surface area contributed by atoms with Crippen LogP contribution in [-0.4, -0.2) is 30.8 Å². The van der Waals surface area contributed by atoms with Crippen LogP contribution in [0.15, 0.2) is 41.4 Å².